The Morgan fingerprint density at radius 2 is 1.89 bits per heavy atom. The van der Waals surface area contributed by atoms with E-state index >= 15 is 0 Å². The maximum absolute atomic E-state index is 13.3. The Hall–Kier alpha value is -0.830. The molecule has 2 aliphatic heterocycles. The Labute approximate surface area is 175 Å². The number of amides is 2. The molecule has 1 unspecified atom stereocenters. The van der Waals surface area contributed by atoms with Crippen molar-refractivity contribution in [3.63, 3.8) is 0 Å². The van der Waals surface area contributed by atoms with E-state index in [0.29, 0.717) is 19.3 Å². The van der Waals surface area contributed by atoms with Crippen LogP contribution in [-0.2, 0) is 14.3 Å². The van der Waals surface area contributed by atoms with Crippen molar-refractivity contribution in [1.82, 2.24) is 10.2 Å². The van der Waals surface area contributed by atoms with Crippen LogP contribution in [0.25, 0.3) is 0 Å². The molecule has 27 heavy (non-hydrogen) atoms. The summed E-state index contributed by atoms with van der Waals surface area (Å²) < 4.78 is 5.01. The highest BCUT2D eigenvalue weighted by Crippen LogP contribution is 2.69. The molecule has 3 fully saturated rings. The summed E-state index contributed by atoms with van der Waals surface area (Å²) in [5, 5.41) is 12.3. The molecule has 2 N–H and O–H groups in total. The number of fused-ring (bicyclic) bond motifs is 3. The number of hydrogen-bond acceptors (Lipinski definition) is 4. The predicted molar refractivity (Wildman–Crippen MR) is 106 cm³/mol. The van der Waals surface area contributed by atoms with E-state index in [9.17, 15) is 19.5 Å². The smallest absolute Gasteiger partial charge is 0.408 e. The van der Waals surface area contributed by atoms with Crippen molar-refractivity contribution >= 4 is 49.8 Å². The molecule has 152 valence electrons. The second kappa shape index (κ2) is 6.90. The number of carbonyl (C=O) groups excluding carboxylic acids is 2. The van der Waals surface area contributed by atoms with Crippen LogP contribution in [0.2, 0.25) is 0 Å². The van der Waals surface area contributed by atoms with E-state index in [4.69, 9.17) is 4.74 Å². The molecule has 0 aromatic heterocycles. The molecule has 0 aromatic rings. The van der Waals surface area contributed by atoms with Crippen molar-refractivity contribution in [2.75, 3.05) is 0 Å². The quantitative estimate of drug-likeness (QED) is 0.557. The number of carboxylic acids is 1. The van der Waals surface area contributed by atoms with Gasteiger partial charge in [0.2, 0.25) is 5.91 Å². The topological polar surface area (TPSA) is 95.9 Å². The lowest BCUT2D eigenvalue weighted by Crippen LogP contribution is -2.56. The summed E-state index contributed by atoms with van der Waals surface area (Å²) in [5.41, 5.74) is -0.678. The minimum atomic E-state index is -0.998. The number of ether oxygens (including phenoxy) is 1. The van der Waals surface area contributed by atoms with Crippen molar-refractivity contribution in [2.24, 2.45) is 17.8 Å². The van der Waals surface area contributed by atoms with Crippen LogP contribution in [0, 0.1) is 17.8 Å². The van der Waals surface area contributed by atoms with Gasteiger partial charge in [0.25, 0.3) is 0 Å². The van der Waals surface area contributed by atoms with Gasteiger partial charge in [-0.25, -0.2) is 9.59 Å². The monoisotopic (exact) mass is 508 g/mol. The van der Waals surface area contributed by atoms with Crippen LogP contribution in [0.1, 0.15) is 47.0 Å². The minimum Gasteiger partial charge on any atom is -0.480 e. The zero-order chi connectivity index (χ0) is 20.3. The maximum atomic E-state index is 13.3. The van der Waals surface area contributed by atoms with Gasteiger partial charge >= 0.3 is 12.1 Å². The fourth-order valence-electron chi connectivity index (χ4n) is 4.72. The van der Waals surface area contributed by atoms with Gasteiger partial charge in [-0.05, 0) is 51.9 Å². The average Bonchev–Trinajstić information content (AvgIpc) is 2.87. The lowest BCUT2D eigenvalue weighted by atomic mass is 9.90. The van der Waals surface area contributed by atoms with Gasteiger partial charge < -0.3 is 20.1 Å². The Balaban J connectivity index is 1.88. The second-order valence-electron chi connectivity index (χ2n) is 8.88. The number of carbonyl (C=O) groups is 3. The van der Waals surface area contributed by atoms with Gasteiger partial charge in [0.05, 0.1) is 3.23 Å². The number of nitrogens with zero attached hydrogens (tertiary/aromatic N) is 1. The molecule has 0 radical (unpaired) electrons. The molecule has 0 aromatic carbocycles. The van der Waals surface area contributed by atoms with E-state index in [1.54, 1.807) is 20.8 Å². The van der Waals surface area contributed by atoms with Gasteiger partial charge in [-0.15, -0.1) is 0 Å². The highest BCUT2D eigenvalue weighted by molar-refractivity contribution is 9.25. The molecule has 2 heterocycles. The third-order valence-corrected chi connectivity index (χ3v) is 7.87. The van der Waals surface area contributed by atoms with Crippen molar-refractivity contribution in [3.8, 4) is 0 Å². The van der Waals surface area contributed by atoms with Crippen molar-refractivity contribution < 1.29 is 24.2 Å². The van der Waals surface area contributed by atoms with Crippen LogP contribution in [0.3, 0.4) is 0 Å². The molecular formula is C18H26Br2N2O5. The van der Waals surface area contributed by atoms with E-state index in [1.165, 1.54) is 4.90 Å². The molecule has 3 aliphatic rings. The number of nitrogens with one attached hydrogen (secondary N) is 1. The minimum absolute atomic E-state index is 0.156. The van der Waals surface area contributed by atoms with Crippen LogP contribution in [0.15, 0.2) is 0 Å². The van der Waals surface area contributed by atoms with Crippen LogP contribution in [0.5, 0.6) is 0 Å². The van der Waals surface area contributed by atoms with Gasteiger partial charge in [0, 0.05) is 12.0 Å². The van der Waals surface area contributed by atoms with Gasteiger partial charge in [0.15, 0.2) is 0 Å². The first-order chi connectivity index (χ1) is 12.3. The van der Waals surface area contributed by atoms with Gasteiger partial charge in [-0.3, -0.25) is 4.79 Å². The zero-order valence-corrected chi connectivity index (χ0v) is 19.0. The fourth-order valence-corrected chi connectivity index (χ4v) is 7.11. The molecule has 9 heteroatoms. The summed E-state index contributed by atoms with van der Waals surface area (Å²) in [7, 11) is 0. The second-order valence-corrected chi connectivity index (χ2v) is 12.6. The zero-order valence-electron chi connectivity index (χ0n) is 15.9. The van der Waals surface area contributed by atoms with Gasteiger partial charge in [0.1, 0.15) is 17.7 Å². The first-order valence-corrected chi connectivity index (χ1v) is 10.9. The normalized spacial score (nSPS) is 37.6. The van der Waals surface area contributed by atoms with Crippen molar-refractivity contribution in [3.05, 3.63) is 0 Å². The number of halogens is 2. The van der Waals surface area contributed by atoms with Crippen molar-refractivity contribution in [1.29, 1.82) is 0 Å². The molecule has 1 saturated carbocycles. The number of aliphatic carboxylic acids is 1. The SMILES string of the molecule is CC1C[C@H](NC(=O)OC(C)(C)C)C(=O)N2[C@H](CC[C@H]2C(=O)O)[C@@H]2[C@H]1C2(Br)Br. The summed E-state index contributed by atoms with van der Waals surface area (Å²) in [5.74, 6) is -0.744. The summed E-state index contributed by atoms with van der Waals surface area (Å²) in [6, 6.07) is -1.81. The molecule has 7 nitrogen and oxygen atoms in total. The predicted octanol–water partition coefficient (Wildman–Crippen LogP) is 3.10. The number of rotatable bonds is 2. The molecule has 1 aliphatic carbocycles. The standard InChI is InChI=1S/C18H26Br2N2O5/c1-8-7-9(21-16(26)27-17(2,3)4)14(23)22-10(5-6-11(22)15(24)25)13-12(8)18(13,19)20/h8-13H,5-7H2,1-4H3,(H,21,26)(H,24,25)/t8?,9-,10+,11-,12-,13+/m0/s1. The highest BCUT2D eigenvalue weighted by Gasteiger charge is 2.70. The van der Waals surface area contributed by atoms with E-state index in [0.717, 1.165) is 0 Å². The number of hydrogen-bond donors (Lipinski definition) is 2. The Bertz CT molecular complexity index is 663. The summed E-state index contributed by atoms with van der Waals surface area (Å²) >= 11 is 7.46. The van der Waals surface area contributed by atoms with Gasteiger partial charge in [-0.1, -0.05) is 38.8 Å². The fraction of sp³-hybridized carbons (Fsp3) is 0.833. The molecule has 2 saturated heterocycles. The van der Waals surface area contributed by atoms with Crippen molar-refractivity contribution in [2.45, 2.75) is 73.9 Å². The maximum Gasteiger partial charge on any atom is 0.408 e. The molecule has 0 bridgehead atoms. The summed E-state index contributed by atoms with van der Waals surface area (Å²) in [6.45, 7) is 7.33. The van der Waals surface area contributed by atoms with Crippen LogP contribution < -0.4 is 5.32 Å². The lowest BCUT2D eigenvalue weighted by molar-refractivity contribution is -0.151. The third kappa shape index (κ3) is 3.86. The van der Waals surface area contributed by atoms with Crippen LogP contribution >= 0.6 is 31.9 Å². The molecule has 3 rings (SSSR count). The average molecular weight is 510 g/mol. The Morgan fingerprint density at radius 3 is 2.44 bits per heavy atom. The first kappa shape index (κ1) is 20.9. The summed E-state index contributed by atoms with van der Waals surface area (Å²) in [4.78, 5) is 38.8. The number of alkyl carbamates (subject to hydrolysis) is 1. The lowest BCUT2D eigenvalue weighted by Gasteiger charge is -2.35. The van der Waals surface area contributed by atoms with Crippen LogP contribution in [-0.4, -0.2) is 54.9 Å². The molecular weight excluding hydrogens is 484 g/mol. The van der Waals surface area contributed by atoms with E-state index in [-0.39, 0.29) is 32.9 Å². The highest BCUT2D eigenvalue weighted by atomic mass is 79.9. The molecule has 6 atom stereocenters. The molecule has 0 spiro atoms. The van der Waals surface area contributed by atoms with E-state index in [2.05, 4.69) is 44.1 Å². The van der Waals surface area contributed by atoms with Gasteiger partial charge in [-0.2, -0.15) is 0 Å². The van der Waals surface area contributed by atoms with E-state index in [1.807, 2.05) is 0 Å². The number of carboxylic acid groups (broad SMARTS) is 1. The first-order valence-electron chi connectivity index (χ1n) is 9.27. The molecule has 2 amide bonds. The van der Waals surface area contributed by atoms with E-state index < -0.39 is 29.7 Å². The summed E-state index contributed by atoms with van der Waals surface area (Å²) in [6.07, 6.45) is 0.855. The third-order valence-electron chi connectivity index (χ3n) is 5.76. The van der Waals surface area contributed by atoms with Crippen LogP contribution in [0.4, 0.5) is 4.79 Å². The Morgan fingerprint density at radius 1 is 1.26 bits per heavy atom. The Kier molecular flexibility index (Phi) is 5.34. The number of alkyl halides is 2. The largest absolute Gasteiger partial charge is 0.480 e.